The van der Waals surface area contributed by atoms with Crippen LogP contribution in [0.3, 0.4) is 0 Å². The summed E-state index contributed by atoms with van der Waals surface area (Å²) < 4.78 is 5.26. The van der Waals surface area contributed by atoms with Gasteiger partial charge >= 0.3 is 5.97 Å². The minimum Gasteiger partial charge on any atom is -0.497 e. The Balaban J connectivity index is 2.39. The normalized spacial score (nSPS) is 16.2. The van der Waals surface area contributed by atoms with E-state index in [2.05, 4.69) is 42.2 Å². The Morgan fingerprint density at radius 2 is 1.37 bits per heavy atom. The van der Waals surface area contributed by atoms with Crippen molar-refractivity contribution in [3.63, 3.8) is 0 Å². The molecular weight excluding hydrogens is 1020 g/mol. The van der Waals surface area contributed by atoms with E-state index in [4.69, 9.17) is 50.3 Å². The highest BCUT2D eigenvalue weighted by Gasteiger charge is 2.39. The molecule has 30 heteroatoms. The minimum atomic E-state index is -1.85. The van der Waals surface area contributed by atoms with Gasteiger partial charge in [0.2, 0.25) is 35.4 Å². The Bertz CT molecular complexity index is 2240. The molecule has 0 spiro atoms. The molecule has 0 radical (unpaired) electrons. The van der Waals surface area contributed by atoms with Crippen LogP contribution < -0.4 is 82.1 Å². The maximum atomic E-state index is 14.3. The number of ether oxygens (including phenoxy) is 1. The zero-order valence-corrected chi connectivity index (χ0v) is 44.0. The number of aliphatic imine (C=N–C) groups is 1. The maximum absolute atomic E-state index is 14.3. The monoisotopic (exact) mass is 1100 g/mol. The van der Waals surface area contributed by atoms with Gasteiger partial charge in [-0.1, -0.05) is 24.6 Å². The number of methoxy groups -OCH3 is 1. The SMILES string of the molecule is COc1ccc(C[C@H](NC(=O)[C@@H]2CCCN2C(=O)/C(CCCN)=N/C(=O)CNC(=O)[C@@H](NC(=O)[C@@H](NC(=O)[C@@H](N)CCCCN)[C@@H](O)CN)[C@@H](O)CN)C(=O)N[C@@H](CCCCN)C(=O)N/C(=C\CCNC(=N)N)C(=O)O)cc1. The van der Waals surface area contributed by atoms with Crippen LogP contribution in [0.2, 0.25) is 0 Å². The second kappa shape index (κ2) is 36.0. The summed E-state index contributed by atoms with van der Waals surface area (Å²) in [6, 6.07) is -2.00. The van der Waals surface area contributed by atoms with Gasteiger partial charge in [-0.15, -0.1) is 0 Å². The summed E-state index contributed by atoms with van der Waals surface area (Å²) in [5.41, 5.74) is 39.1. The van der Waals surface area contributed by atoms with Crippen LogP contribution in [0.1, 0.15) is 76.2 Å². The van der Waals surface area contributed by atoms with E-state index >= 15 is 0 Å². The first-order valence-electron chi connectivity index (χ1n) is 25.6. The molecule has 8 atom stereocenters. The van der Waals surface area contributed by atoms with Crippen molar-refractivity contribution in [2.75, 3.05) is 59.5 Å². The number of nitrogens with zero attached hydrogens (tertiary/aromatic N) is 2. The lowest BCUT2D eigenvalue weighted by Gasteiger charge is -2.28. The van der Waals surface area contributed by atoms with Crippen LogP contribution in [0, 0.1) is 5.41 Å². The van der Waals surface area contributed by atoms with Gasteiger partial charge in [-0.25, -0.2) is 9.79 Å². The highest BCUT2D eigenvalue weighted by molar-refractivity contribution is 6.40. The molecule has 0 bridgehead atoms. The second-order valence-corrected chi connectivity index (χ2v) is 18.2. The summed E-state index contributed by atoms with van der Waals surface area (Å²) in [4.78, 5) is 127. The molecule has 2 rings (SSSR count). The molecule has 1 aliphatic heterocycles. The average molecular weight is 1100 g/mol. The Morgan fingerprint density at radius 3 is 1.95 bits per heavy atom. The van der Waals surface area contributed by atoms with E-state index in [0.29, 0.717) is 50.0 Å². The molecule has 0 aromatic heterocycles. The number of amides is 8. The quantitative estimate of drug-likeness (QED) is 0.0129. The number of unbranched alkanes of at least 4 members (excludes halogenated alkanes) is 2. The van der Waals surface area contributed by atoms with Gasteiger partial charge in [0.05, 0.1) is 31.9 Å². The van der Waals surface area contributed by atoms with Gasteiger partial charge in [0, 0.05) is 32.6 Å². The second-order valence-electron chi connectivity index (χ2n) is 18.2. The zero-order valence-electron chi connectivity index (χ0n) is 44.0. The number of nitrogens with one attached hydrogen (secondary N) is 8. The average Bonchev–Trinajstić information content (AvgIpc) is 3.92. The Labute approximate surface area is 452 Å². The van der Waals surface area contributed by atoms with Gasteiger partial charge in [-0.3, -0.25) is 43.8 Å². The summed E-state index contributed by atoms with van der Waals surface area (Å²) >= 11 is 0. The van der Waals surface area contributed by atoms with Crippen molar-refractivity contribution in [3.8, 4) is 5.75 Å². The van der Waals surface area contributed by atoms with Crippen LogP contribution >= 0.6 is 0 Å². The number of carboxylic acid groups (broad SMARTS) is 1. The van der Waals surface area contributed by atoms with E-state index < -0.39 is 127 Å². The van der Waals surface area contributed by atoms with Crippen LogP contribution in [-0.4, -0.2) is 193 Å². The van der Waals surface area contributed by atoms with Crippen molar-refractivity contribution in [3.05, 3.63) is 41.6 Å². The highest BCUT2D eigenvalue weighted by atomic mass is 16.5. The minimum absolute atomic E-state index is 0.0192. The fourth-order valence-electron chi connectivity index (χ4n) is 7.82. The lowest BCUT2D eigenvalue weighted by atomic mass is 10.0. The van der Waals surface area contributed by atoms with Gasteiger partial charge in [-0.05, 0) is 102 Å². The smallest absolute Gasteiger partial charge is 0.352 e. The topological polar surface area (TPSA) is 529 Å². The van der Waals surface area contributed by atoms with E-state index in [9.17, 15) is 58.5 Å². The fraction of sp³-hybridized carbons (Fsp3) is 0.604. The van der Waals surface area contributed by atoms with Crippen LogP contribution in [0.4, 0.5) is 0 Å². The number of carboxylic acids is 1. The molecule has 0 aliphatic carbocycles. The zero-order chi connectivity index (χ0) is 58.3. The molecule has 30 nitrogen and oxygen atoms in total. The number of guanidine groups is 1. The molecule has 1 aliphatic rings. The number of aliphatic carboxylic acids is 1. The largest absolute Gasteiger partial charge is 0.497 e. The van der Waals surface area contributed by atoms with E-state index in [-0.39, 0.29) is 82.8 Å². The standard InChI is InChI=1S/C48H81N17O13/c1-78-28-16-14-27(15-17-28)23-33(42(71)60-30(10-3-5-19-50)41(70)61-32(47(76)77)12-7-21-57-48(55)56)62-43(72)34-13-8-22-65(34)46(75)31(11-6-20-51)59-37(68)26-58-44(73)38(35(66)24-52)64-45(74)39(36(67)25-53)63-40(69)29(54)9-2-4-18-49/h12,14-17,29-30,33-36,38-39,66-67H,2-11,13,18-26,49-54H2,1H3,(H,58,73)(H,60,71)(H,61,70)(H,62,72)(H,63,69)(H,64,74)(H,76,77)(H4,55,56,57)/b32-12-,59-31+/t29-,30-,33-,34-,35-,36-,38-,39-/m0/s1. The van der Waals surface area contributed by atoms with Crippen LogP contribution in [0.5, 0.6) is 5.75 Å². The third-order valence-corrected chi connectivity index (χ3v) is 12.2. The van der Waals surface area contributed by atoms with Crippen molar-refractivity contribution < 1.29 is 63.2 Å². The molecule has 1 heterocycles. The molecule has 1 aromatic carbocycles. The van der Waals surface area contributed by atoms with Crippen molar-refractivity contribution in [1.82, 2.24) is 42.1 Å². The molecule has 78 heavy (non-hydrogen) atoms. The van der Waals surface area contributed by atoms with E-state index in [0.717, 1.165) is 0 Å². The molecule has 436 valence electrons. The van der Waals surface area contributed by atoms with E-state index in [1.807, 2.05) is 0 Å². The Kier molecular flexibility index (Phi) is 30.9. The number of nitrogens with two attached hydrogens (primary N) is 7. The number of carbonyl (C=O) groups excluding carboxylic acids is 8. The van der Waals surface area contributed by atoms with Crippen LogP contribution in [0.15, 0.2) is 41.0 Å². The first-order chi connectivity index (χ1) is 37.2. The molecule has 1 saturated heterocycles. The number of carbonyl (C=O) groups is 9. The summed E-state index contributed by atoms with van der Waals surface area (Å²) in [5.74, 6) is -8.81. The maximum Gasteiger partial charge on any atom is 0.352 e. The van der Waals surface area contributed by atoms with Gasteiger partial charge < -0.3 is 102 Å². The molecular formula is C48H81N17O13. The predicted molar refractivity (Wildman–Crippen MR) is 285 cm³/mol. The Hall–Kier alpha value is -7.19. The molecule has 0 unspecified atom stereocenters. The van der Waals surface area contributed by atoms with Crippen molar-refractivity contribution in [2.45, 2.75) is 126 Å². The first-order valence-corrected chi connectivity index (χ1v) is 25.6. The molecule has 25 N–H and O–H groups in total. The van der Waals surface area contributed by atoms with Crippen LogP contribution in [0.25, 0.3) is 0 Å². The number of benzene rings is 1. The van der Waals surface area contributed by atoms with Crippen LogP contribution in [-0.2, 0) is 49.6 Å². The van der Waals surface area contributed by atoms with Crippen molar-refractivity contribution in [1.29, 1.82) is 5.41 Å². The number of likely N-dealkylation sites (tertiary alicyclic amines) is 1. The molecule has 0 saturated carbocycles. The lowest BCUT2D eigenvalue weighted by Crippen LogP contribution is -2.63. The van der Waals surface area contributed by atoms with E-state index in [1.165, 1.54) is 18.1 Å². The summed E-state index contributed by atoms with van der Waals surface area (Å²) in [7, 11) is 1.46. The number of hydrogen-bond acceptors (Lipinski definition) is 19. The van der Waals surface area contributed by atoms with Gasteiger partial charge in [0.15, 0.2) is 5.96 Å². The third-order valence-electron chi connectivity index (χ3n) is 12.2. The summed E-state index contributed by atoms with van der Waals surface area (Å²) in [5, 5.41) is 55.3. The fourth-order valence-corrected chi connectivity index (χ4v) is 7.82. The molecule has 8 amide bonds. The number of hydrogen-bond donors (Lipinski definition) is 18. The Morgan fingerprint density at radius 1 is 0.769 bits per heavy atom. The lowest BCUT2D eigenvalue weighted by molar-refractivity contribution is -0.137. The van der Waals surface area contributed by atoms with Gasteiger partial charge in [-0.2, -0.15) is 0 Å². The van der Waals surface area contributed by atoms with E-state index in [1.54, 1.807) is 24.3 Å². The predicted octanol–water partition coefficient (Wildman–Crippen LogP) is -6.83. The molecule has 1 aromatic rings. The van der Waals surface area contributed by atoms with Crippen molar-refractivity contribution >= 4 is 64.9 Å². The number of aliphatic hydroxyl groups excluding tert-OH is 2. The summed E-state index contributed by atoms with van der Waals surface area (Å²) in [6.07, 6.45) is 0.240. The first kappa shape index (κ1) is 66.9. The van der Waals surface area contributed by atoms with Gasteiger partial charge in [0.25, 0.3) is 11.8 Å². The molecule has 1 fully saturated rings. The third kappa shape index (κ3) is 23.2. The van der Waals surface area contributed by atoms with Crippen molar-refractivity contribution in [2.24, 2.45) is 45.1 Å². The number of rotatable bonds is 36. The summed E-state index contributed by atoms with van der Waals surface area (Å²) in [6.45, 7) is -1.19. The highest BCUT2D eigenvalue weighted by Crippen LogP contribution is 2.20. The van der Waals surface area contributed by atoms with Gasteiger partial charge in [0.1, 0.15) is 47.4 Å². The number of aliphatic hydroxyl groups is 2.